The Labute approximate surface area is 160 Å². The molecule has 142 valence electrons. The number of carbonyl (C=O) groups is 2. The molecule has 0 bridgehead atoms. The summed E-state index contributed by atoms with van der Waals surface area (Å²) < 4.78 is 5.25. The third-order valence-corrected chi connectivity index (χ3v) is 4.80. The van der Waals surface area contributed by atoms with E-state index in [9.17, 15) is 19.7 Å². The topological polar surface area (TPSA) is 98.5 Å². The molecule has 2 aromatic rings. The van der Waals surface area contributed by atoms with E-state index in [-0.39, 0.29) is 11.8 Å². The average Bonchev–Trinajstić information content (AvgIpc) is 2.86. The standard InChI is InChI=1S/C19H20N2O5S/c1-11(2)26-19(23)17-12(3)13(4)27-18(17)20-16(22)9-8-14-6-5-7-15(10-14)21(24)25/h5-11H,1-4H3,(H,20,22). The molecule has 0 atom stereocenters. The summed E-state index contributed by atoms with van der Waals surface area (Å²) in [7, 11) is 0. The Hall–Kier alpha value is -3.00. The van der Waals surface area contributed by atoms with Crippen LogP contribution in [0.4, 0.5) is 10.7 Å². The lowest BCUT2D eigenvalue weighted by Crippen LogP contribution is -2.15. The summed E-state index contributed by atoms with van der Waals surface area (Å²) >= 11 is 1.30. The third-order valence-electron chi connectivity index (χ3n) is 3.68. The predicted octanol–water partition coefficient (Wildman–Crippen LogP) is 4.49. The summed E-state index contributed by atoms with van der Waals surface area (Å²) in [6.45, 7) is 7.18. The number of aryl methyl sites for hydroxylation is 1. The molecule has 7 nitrogen and oxygen atoms in total. The van der Waals surface area contributed by atoms with E-state index in [4.69, 9.17) is 4.74 Å². The van der Waals surface area contributed by atoms with Crippen molar-refractivity contribution in [2.45, 2.75) is 33.8 Å². The van der Waals surface area contributed by atoms with E-state index >= 15 is 0 Å². The van der Waals surface area contributed by atoms with Crippen molar-refractivity contribution in [2.24, 2.45) is 0 Å². The normalized spacial score (nSPS) is 11.0. The van der Waals surface area contributed by atoms with Gasteiger partial charge in [-0.05, 0) is 44.9 Å². The van der Waals surface area contributed by atoms with Crippen molar-refractivity contribution in [3.8, 4) is 0 Å². The van der Waals surface area contributed by atoms with Gasteiger partial charge >= 0.3 is 5.97 Å². The number of nitro groups is 1. The van der Waals surface area contributed by atoms with Gasteiger partial charge in [0.05, 0.1) is 16.6 Å². The lowest BCUT2D eigenvalue weighted by molar-refractivity contribution is -0.384. The average molecular weight is 388 g/mol. The Bertz CT molecular complexity index is 915. The van der Waals surface area contributed by atoms with Crippen molar-refractivity contribution in [2.75, 3.05) is 5.32 Å². The molecule has 27 heavy (non-hydrogen) atoms. The fourth-order valence-corrected chi connectivity index (χ4v) is 3.35. The summed E-state index contributed by atoms with van der Waals surface area (Å²) in [5.74, 6) is -0.925. The molecule has 0 aliphatic rings. The van der Waals surface area contributed by atoms with Crippen molar-refractivity contribution < 1.29 is 19.2 Å². The second kappa shape index (κ2) is 8.59. The highest BCUT2D eigenvalue weighted by atomic mass is 32.1. The van der Waals surface area contributed by atoms with Gasteiger partial charge in [-0.2, -0.15) is 0 Å². The fourth-order valence-electron chi connectivity index (χ4n) is 2.30. The lowest BCUT2D eigenvalue weighted by atomic mass is 10.1. The molecule has 0 fully saturated rings. The molecule has 0 spiro atoms. The van der Waals surface area contributed by atoms with Gasteiger partial charge in [0.25, 0.3) is 5.69 Å². The smallest absolute Gasteiger partial charge is 0.341 e. The van der Waals surface area contributed by atoms with Crippen LogP contribution >= 0.6 is 11.3 Å². The van der Waals surface area contributed by atoms with E-state index < -0.39 is 16.8 Å². The van der Waals surface area contributed by atoms with Crippen LogP contribution in [-0.2, 0) is 9.53 Å². The number of rotatable bonds is 6. The number of benzene rings is 1. The molecule has 0 saturated heterocycles. The maximum absolute atomic E-state index is 12.3. The van der Waals surface area contributed by atoms with Crippen LogP contribution in [0.25, 0.3) is 6.08 Å². The second-order valence-electron chi connectivity index (χ2n) is 6.12. The number of nitrogens with zero attached hydrogens (tertiary/aromatic N) is 1. The molecule has 1 aromatic carbocycles. The minimum atomic E-state index is -0.499. The van der Waals surface area contributed by atoms with Gasteiger partial charge in [-0.15, -0.1) is 11.3 Å². The van der Waals surface area contributed by atoms with Gasteiger partial charge in [-0.25, -0.2) is 4.79 Å². The Kier molecular flexibility index (Phi) is 6.46. The van der Waals surface area contributed by atoms with Gasteiger partial charge < -0.3 is 10.1 Å². The number of amides is 1. The number of nitro benzene ring substituents is 1. The molecule has 0 unspecified atom stereocenters. The minimum Gasteiger partial charge on any atom is -0.459 e. The maximum Gasteiger partial charge on any atom is 0.341 e. The van der Waals surface area contributed by atoms with Crippen molar-refractivity contribution >= 4 is 40.0 Å². The number of esters is 1. The monoisotopic (exact) mass is 388 g/mol. The van der Waals surface area contributed by atoms with Gasteiger partial charge in [0.1, 0.15) is 5.00 Å². The van der Waals surface area contributed by atoms with Gasteiger partial charge in [-0.3, -0.25) is 14.9 Å². The number of hydrogen-bond acceptors (Lipinski definition) is 6. The summed E-state index contributed by atoms with van der Waals surface area (Å²) in [6, 6.07) is 5.94. The number of anilines is 1. The predicted molar refractivity (Wildman–Crippen MR) is 105 cm³/mol. The SMILES string of the molecule is Cc1sc(NC(=O)C=Cc2cccc([N+](=O)[O-])c2)c(C(=O)OC(C)C)c1C. The van der Waals surface area contributed by atoms with Crippen LogP contribution < -0.4 is 5.32 Å². The van der Waals surface area contributed by atoms with Crippen LogP contribution in [0.1, 0.15) is 40.2 Å². The summed E-state index contributed by atoms with van der Waals surface area (Å²) in [5, 5.41) is 13.9. The zero-order chi connectivity index (χ0) is 20.1. The van der Waals surface area contributed by atoms with Gasteiger partial charge in [0.2, 0.25) is 5.91 Å². The number of thiophene rings is 1. The molecule has 2 rings (SSSR count). The van der Waals surface area contributed by atoms with Crippen molar-refractivity contribution in [1.82, 2.24) is 0 Å². The maximum atomic E-state index is 12.3. The van der Waals surface area contributed by atoms with Crippen LogP contribution in [0.5, 0.6) is 0 Å². The van der Waals surface area contributed by atoms with E-state index in [1.807, 2.05) is 6.92 Å². The third kappa shape index (κ3) is 5.24. The molecular formula is C19H20N2O5S. The number of non-ortho nitro benzene ring substituents is 1. The second-order valence-corrected chi connectivity index (χ2v) is 7.34. The molecule has 0 saturated carbocycles. The zero-order valence-electron chi connectivity index (χ0n) is 15.4. The highest BCUT2D eigenvalue weighted by Crippen LogP contribution is 2.33. The number of carbonyl (C=O) groups excluding carboxylic acids is 2. The van der Waals surface area contributed by atoms with Crippen molar-refractivity contribution in [3.63, 3.8) is 0 Å². The van der Waals surface area contributed by atoms with Crippen LogP contribution in [0, 0.1) is 24.0 Å². The van der Waals surface area contributed by atoms with Gasteiger partial charge in [-0.1, -0.05) is 12.1 Å². The first kappa shape index (κ1) is 20.3. The molecule has 0 aliphatic carbocycles. The molecule has 1 aromatic heterocycles. The zero-order valence-corrected chi connectivity index (χ0v) is 16.3. The van der Waals surface area contributed by atoms with E-state index in [2.05, 4.69) is 5.32 Å². The van der Waals surface area contributed by atoms with E-state index in [1.54, 1.807) is 32.9 Å². The van der Waals surface area contributed by atoms with Gasteiger partial charge in [0.15, 0.2) is 0 Å². The van der Waals surface area contributed by atoms with E-state index in [1.165, 1.54) is 35.6 Å². The van der Waals surface area contributed by atoms with E-state index in [0.717, 1.165) is 10.4 Å². The first-order chi connectivity index (χ1) is 12.7. The molecule has 1 N–H and O–H groups in total. The summed E-state index contributed by atoms with van der Waals surface area (Å²) in [4.78, 5) is 35.8. The van der Waals surface area contributed by atoms with Crippen LogP contribution in [0.15, 0.2) is 30.3 Å². The quantitative estimate of drug-likeness (QED) is 0.340. The van der Waals surface area contributed by atoms with Crippen molar-refractivity contribution in [1.29, 1.82) is 0 Å². The molecule has 1 heterocycles. The fraction of sp³-hybridized carbons (Fsp3) is 0.263. The van der Waals surface area contributed by atoms with E-state index in [0.29, 0.717) is 16.1 Å². The summed E-state index contributed by atoms with van der Waals surface area (Å²) in [5.41, 5.74) is 1.59. The minimum absolute atomic E-state index is 0.0548. The first-order valence-electron chi connectivity index (χ1n) is 8.23. The molecular weight excluding hydrogens is 368 g/mol. The highest BCUT2D eigenvalue weighted by Gasteiger charge is 2.22. The molecule has 0 radical (unpaired) electrons. The Morgan fingerprint density at radius 3 is 2.63 bits per heavy atom. The Balaban J connectivity index is 2.18. The molecule has 8 heteroatoms. The van der Waals surface area contributed by atoms with Gasteiger partial charge in [0, 0.05) is 23.1 Å². The highest BCUT2D eigenvalue weighted by molar-refractivity contribution is 7.16. The van der Waals surface area contributed by atoms with Crippen LogP contribution in [0.3, 0.4) is 0 Å². The molecule has 0 aliphatic heterocycles. The largest absolute Gasteiger partial charge is 0.459 e. The van der Waals surface area contributed by atoms with Crippen molar-refractivity contribution in [3.05, 3.63) is 62.0 Å². The number of ether oxygens (including phenoxy) is 1. The number of hydrogen-bond donors (Lipinski definition) is 1. The lowest BCUT2D eigenvalue weighted by Gasteiger charge is -2.09. The van der Waals surface area contributed by atoms with Crippen LogP contribution in [0.2, 0.25) is 0 Å². The number of nitrogens with one attached hydrogen (secondary N) is 1. The first-order valence-corrected chi connectivity index (χ1v) is 9.05. The molecule has 1 amide bonds. The van der Waals surface area contributed by atoms with Crippen LogP contribution in [-0.4, -0.2) is 22.9 Å². The Morgan fingerprint density at radius 1 is 1.30 bits per heavy atom. The summed E-state index contributed by atoms with van der Waals surface area (Å²) in [6.07, 6.45) is 2.47. The Morgan fingerprint density at radius 2 is 2.00 bits per heavy atom.